The Morgan fingerprint density at radius 2 is 1.40 bits per heavy atom. The summed E-state index contributed by atoms with van der Waals surface area (Å²) in [7, 11) is 0. The Morgan fingerprint density at radius 3 is 2.30 bits per heavy atom. The van der Waals surface area contributed by atoms with E-state index in [1.165, 1.54) is 10.8 Å². The Balaban J connectivity index is 2.01. The standard InChI is InChI=1S/C18H12N2/c1-2-6-14-11-20-18(9-13(14)5-1)17-12-19-10-15-7-3-4-8-16(15)17/h1-12H. The van der Waals surface area contributed by atoms with Crippen LogP contribution < -0.4 is 0 Å². The van der Waals surface area contributed by atoms with Gasteiger partial charge in [-0.05, 0) is 16.8 Å². The molecule has 20 heavy (non-hydrogen) atoms. The zero-order valence-electron chi connectivity index (χ0n) is 10.8. The average molecular weight is 256 g/mol. The number of aromatic nitrogens is 2. The largest absolute Gasteiger partial charge is 0.263 e. The lowest BCUT2D eigenvalue weighted by Gasteiger charge is -2.06. The summed E-state index contributed by atoms with van der Waals surface area (Å²) in [5, 5.41) is 4.68. The smallest absolute Gasteiger partial charge is 0.0730 e. The van der Waals surface area contributed by atoms with Crippen molar-refractivity contribution >= 4 is 21.5 Å². The Kier molecular flexibility index (Phi) is 2.46. The molecule has 2 aromatic carbocycles. The number of hydrogen-bond donors (Lipinski definition) is 0. The minimum atomic E-state index is 0.966. The molecule has 4 aromatic rings. The predicted octanol–water partition coefficient (Wildman–Crippen LogP) is 4.45. The minimum Gasteiger partial charge on any atom is -0.263 e. The van der Waals surface area contributed by atoms with E-state index in [0.29, 0.717) is 0 Å². The monoisotopic (exact) mass is 256 g/mol. The van der Waals surface area contributed by atoms with Gasteiger partial charge < -0.3 is 0 Å². The fourth-order valence-electron chi connectivity index (χ4n) is 2.55. The van der Waals surface area contributed by atoms with Gasteiger partial charge in [-0.2, -0.15) is 0 Å². The van der Waals surface area contributed by atoms with Crippen LogP contribution in [-0.2, 0) is 0 Å². The number of nitrogens with zero attached hydrogens (tertiary/aromatic N) is 2. The maximum absolute atomic E-state index is 4.59. The Hall–Kier alpha value is -2.74. The third kappa shape index (κ3) is 1.74. The Morgan fingerprint density at radius 1 is 0.650 bits per heavy atom. The van der Waals surface area contributed by atoms with E-state index >= 15 is 0 Å². The lowest BCUT2D eigenvalue weighted by atomic mass is 10.0. The summed E-state index contributed by atoms with van der Waals surface area (Å²) in [5.74, 6) is 0. The van der Waals surface area contributed by atoms with E-state index in [-0.39, 0.29) is 0 Å². The fourth-order valence-corrected chi connectivity index (χ4v) is 2.55. The van der Waals surface area contributed by atoms with Gasteiger partial charge in [0.1, 0.15) is 0 Å². The molecule has 0 aliphatic heterocycles. The third-order valence-electron chi connectivity index (χ3n) is 3.58. The van der Waals surface area contributed by atoms with E-state index < -0.39 is 0 Å². The Bertz CT molecular complexity index is 908. The quantitative estimate of drug-likeness (QED) is 0.503. The molecule has 0 atom stereocenters. The van der Waals surface area contributed by atoms with Crippen LogP contribution >= 0.6 is 0 Å². The maximum atomic E-state index is 4.59. The fraction of sp³-hybridized carbons (Fsp3) is 0. The zero-order chi connectivity index (χ0) is 13.4. The van der Waals surface area contributed by atoms with Gasteiger partial charge in [-0.3, -0.25) is 9.97 Å². The summed E-state index contributed by atoms with van der Waals surface area (Å²) in [4.78, 5) is 8.92. The molecule has 2 aromatic heterocycles. The van der Waals surface area contributed by atoms with Crippen LogP contribution in [0.3, 0.4) is 0 Å². The van der Waals surface area contributed by atoms with E-state index in [9.17, 15) is 0 Å². The predicted molar refractivity (Wildman–Crippen MR) is 82.5 cm³/mol. The summed E-state index contributed by atoms with van der Waals surface area (Å²) in [6.45, 7) is 0. The topological polar surface area (TPSA) is 25.8 Å². The van der Waals surface area contributed by atoms with Crippen LogP contribution in [0, 0.1) is 0 Å². The van der Waals surface area contributed by atoms with Gasteiger partial charge in [0.05, 0.1) is 5.69 Å². The van der Waals surface area contributed by atoms with Crippen molar-refractivity contribution in [2.75, 3.05) is 0 Å². The molecule has 0 fully saturated rings. The van der Waals surface area contributed by atoms with Crippen molar-refractivity contribution < 1.29 is 0 Å². The van der Waals surface area contributed by atoms with Crippen LogP contribution in [0.4, 0.5) is 0 Å². The van der Waals surface area contributed by atoms with Crippen LogP contribution in [0.25, 0.3) is 32.8 Å². The number of hydrogen-bond acceptors (Lipinski definition) is 2. The van der Waals surface area contributed by atoms with Crippen molar-refractivity contribution in [3.05, 3.63) is 73.2 Å². The van der Waals surface area contributed by atoms with E-state index in [0.717, 1.165) is 22.0 Å². The van der Waals surface area contributed by atoms with Gasteiger partial charge in [0.15, 0.2) is 0 Å². The first-order valence-corrected chi connectivity index (χ1v) is 6.60. The lowest BCUT2D eigenvalue weighted by molar-refractivity contribution is 1.31. The second kappa shape index (κ2) is 4.42. The van der Waals surface area contributed by atoms with Crippen LogP contribution in [-0.4, -0.2) is 9.97 Å². The molecule has 0 bridgehead atoms. The van der Waals surface area contributed by atoms with Crippen molar-refractivity contribution in [2.24, 2.45) is 0 Å². The molecule has 2 heterocycles. The third-order valence-corrected chi connectivity index (χ3v) is 3.58. The molecular weight excluding hydrogens is 244 g/mol. The number of fused-ring (bicyclic) bond motifs is 2. The van der Waals surface area contributed by atoms with Crippen molar-refractivity contribution in [1.29, 1.82) is 0 Å². The van der Waals surface area contributed by atoms with E-state index in [1.807, 2.05) is 42.9 Å². The van der Waals surface area contributed by atoms with Crippen LogP contribution in [0.2, 0.25) is 0 Å². The summed E-state index contributed by atoms with van der Waals surface area (Å²) < 4.78 is 0. The second-order valence-electron chi connectivity index (χ2n) is 4.82. The molecule has 0 saturated heterocycles. The van der Waals surface area contributed by atoms with E-state index in [1.54, 1.807) is 0 Å². The van der Waals surface area contributed by atoms with Crippen molar-refractivity contribution in [1.82, 2.24) is 9.97 Å². The summed E-state index contributed by atoms with van der Waals surface area (Å²) >= 11 is 0. The highest BCUT2D eigenvalue weighted by atomic mass is 14.7. The van der Waals surface area contributed by atoms with Gasteiger partial charge in [0, 0.05) is 34.9 Å². The molecule has 2 heteroatoms. The molecule has 0 aliphatic carbocycles. The van der Waals surface area contributed by atoms with Crippen LogP contribution in [0.1, 0.15) is 0 Å². The second-order valence-corrected chi connectivity index (χ2v) is 4.82. The number of rotatable bonds is 1. The molecular formula is C18H12N2. The molecule has 0 aliphatic rings. The highest BCUT2D eigenvalue weighted by molar-refractivity contribution is 5.96. The highest BCUT2D eigenvalue weighted by Gasteiger charge is 2.06. The lowest BCUT2D eigenvalue weighted by Crippen LogP contribution is -1.87. The zero-order valence-corrected chi connectivity index (χ0v) is 10.8. The van der Waals surface area contributed by atoms with Crippen molar-refractivity contribution in [3.8, 4) is 11.3 Å². The maximum Gasteiger partial charge on any atom is 0.0730 e. The molecule has 0 saturated carbocycles. The van der Waals surface area contributed by atoms with Gasteiger partial charge in [-0.15, -0.1) is 0 Å². The van der Waals surface area contributed by atoms with E-state index in [2.05, 4.69) is 40.3 Å². The molecule has 0 unspecified atom stereocenters. The first-order chi connectivity index (χ1) is 9.92. The van der Waals surface area contributed by atoms with Crippen LogP contribution in [0.15, 0.2) is 73.2 Å². The van der Waals surface area contributed by atoms with Gasteiger partial charge >= 0.3 is 0 Å². The first-order valence-electron chi connectivity index (χ1n) is 6.60. The molecule has 94 valence electrons. The SMILES string of the molecule is c1ccc2cc(-c3cncc4ccccc34)ncc2c1. The highest BCUT2D eigenvalue weighted by Crippen LogP contribution is 2.27. The van der Waals surface area contributed by atoms with E-state index in [4.69, 9.17) is 0 Å². The molecule has 0 N–H and O–H groups in total. The molecule has 0 amide bonds. The van der Waals surface area contributed by atoms with Crippen LogP contribution in [0.5, 0.6) is 0 Å². The first kappa shape index (κ1) is 11.1. The van der Waals surface area contributed by atoms with Crippen molar-refractivity contribution in [2.45, 2.75) is 0 Å². The number of benzene rings is 2. The summed E-state index contributed by atoms with van der Waals surface area (Å²) in [5.41, 5.74) is 2.04. The summed E-state index contributed by atoms with van der Waals surface area (Å²) in [6.07, 6.45) is 5.70. The molecule has 0 radical (unpaired) electrons. The molecule has 4 rings (SSSR count). The van der Waals surface area contributed by atoms with Gasteiger partial charge in [0.2, 0.25) is 0 Å². The minimum absolute atomic E-state index is 0.966. The average Bonchev–Trinajstić information content (AvgIpc) is 2.54. The summed E-state index contributed by atoms with van der Waals surface area (Å²) in [6, 6.07) is 18.7. The van der Waals surface area contributed by atoms with Gasteiger partial charge in [-0.25, -0.2) is 0 Å². The van der Waals surface area contributed by atoms with Gasteiger partial charge in [-0.1, -0.05) is 48.5 Å². The molecule has 2 nitrogen and oxygen atoms in total. The number of pyridine rings is 2. The molecule has 0 spiro atoms. The van der Waals surface area contributed by atoms with Crippen molar-refractivity contribution in [3.63, 3.8) is 0 Å². The van der Waals surface area contributed by atoms with Gasteiger partial charge in [0.25, 0.3) is 0 Å². The normalized spacial score (nSPS) is 11.0. The Labute approximate surface area is 116 Å².